The zero-order chi connectivity index (χ0) is 24.0. The second-order valence-corrected chi connectivity index (χ2v) is 8.84. The highest BCUT2D eigenvalue weighted by Crippen LogP contribution is 2.24. The Morgan fingerprint density at radius 1 is 1.25 bits per heavy atom. The third-order valence-electron chi connectivity index (χ3n) is 5.29. The van der Waals surface area contributed by atoms with Gasteiger partial charge in [-0.15, -0.1) is 0 Å². The van der Waals surface area contributed by atoms with Gasteiger partial charge in [0.15, 0.2) is 5.90 Å². The molecule has 1 aromatic rings. The Morgan fingerprint density at radius 2 is 1.94 bits per heavy atom. The first-order valence-corrected chi connectivity index (χ1v) is 11.0. The van der Waals surface area contributed by atoms with Crippen LogP contribution in [-0.4, -0.2) is 70.8 Å². The molecular formula is C23H37N5O4. The van der Waals surface area contributed by atoms with E-state index in [0.717, 1.165) is 42.0 Å². The molecular weight excluding hydrogens is 410 g/mol. The first kappa shape index (κ1) is 25.6. The van der Waals surface area contributed by atoms with E-state index >= 15 is 0 Å². The maximum atomic E-state index is 12.3. The van der Waals surface area contributed by atoms with Gasteiger partial charge in [-0.05, 0) is 64.3 Å². The summed E-state index contributed by atoms with van der Waals surface area (Å²) in [5.74, 6) is -0.161. The van der Waals surface area contributed by atoms with Crippen LogP contribution in [-0.2, 0) is 16.0 Å². The average Bonchev–Trinajstić information content (AvgIpc) is 2.64. The van der Waals surface area contributed by atoms with Crippen molar-refractivity contribution in [2.45, 2.75) is 72.8 Å². The van der Waals surface area contributed by atoms with E-state index in [-0.39, 0.29) is 36.6 Å². The molecule has 0 unspecified atom stereocenters. The quantitative estimate of drug-likeness (QED) is 0.391. The molecule has 1 fully saturated rings. The van der Waals surface area contributed by atoms with Crippen LogP contribution in [0.1, 0.15) is 50.8 Å². The predicted molar refractivity (Wildman–Crippen MR) is 125 cm³/mol. The minimum atomic E-state index is -0.697. The normalized spacial score (nSPS) is 17.8. The predicted octanol–water partition coefficient (Wildman–Crippen LogP) is 3.47. The number of nitrogens with zero attached hydrogens (tertiary/aromatic N) is 2. The number of hydrogen-bond acceptors (Lipinski definition) is 7. The van der Waals surface area contributed by atoms with Crippen molar-refractivity contribution in [2.24, 2.45) is 0 Å². The summed E-state index contributed by atoms with van der Waals surface area (Å²) < 4.78 is 10.5. The highest BCUT2D eigenvalue weighted by Gasteiger charge is 2.29. The van der Waals surface area contributed by atoms with Gasteiger partial charge >= 0.3 is 6.09 Å². The first-order chi connectivity index (χ1) is 15.0. The van der Waals surface area contributed by atoms with E-state index < -0.39 is 6.10 Å². The Bertz CT molecular complexity index is 840. The number of aryl methyl sites for hydroxylation is 1. The SMILES string of the molecule is Cc1cc(CN2CCN(C(=O)OC(C)C)[C@@H](C)C2)c(C)c(NC(=N)OC(=N)C[C@@H](C)O)c1. The topological polar surface area (TPSA) is 122 Å². The van der Waals surface area contributed by atoms with Crippen molar-refractivity contribution in [3.8, 4) is 0 Å². The molecule has 1 saturated heterocycles. The van der Waals surface area contributed by atoms with Crippen molar-refractivity contribution >= 4 is 23.7 Å². The van der Waals surface area contributed by atoms with E-state index in [0.29, 0.717) is 6.54 Å². The van der Waals surface area contributed by atoms with Crippen molar-refractivity contribution < 1.29 is 19.4 Å². The molecule has 0 aliphatic carbocycles. The maximum absolute atomic E-state index is 12.3. The van der Waals surface area contributed by atoms with Crippen LogP contribution in [0.5, 0.6) is 0 Å². The van der Waals surface area contributed by atoms with E-state index in [4.69, 9.17) is 20.3 Å². The maximum Gasteiger partial charge on any atom is 0.410 e. The molecule has 1 heterocycles. The van der Waals surface area contributed by atoms with Gasteiger partial charge in [0.1, 0.15) is 0 Å². The van der Waals surface area contributed by atoms with Gasteiger partial charge in [-0.3, -0.25) is 15.7 Å². The summed E-state index contributed by atoms with van der Waals surface area (Å²) in [4.78, 5) is 16.4. The number of hydrogen-bond donors (Lipinski definition) is 4. The van der Waals surface area contributed by atoms with Crippen molar-refractivity contribution in [2.75, 3.05) is 25.0 Å². The number of nitrogens with one attached hydrogen (secondary N) is 3. The van der Waals surface area contributed by atoms with Crippen LogP contribution in [0, 0.1) is 24.7 Å². The molecule has 0 saturated carbocycles. The summed E-state index contributed by atoms with van der Waals surface area (Å²) in [7, 11) is 0. The van der Waals surface area contributed by atoms with Crippen molar-refractivity contribution in [1.82, 2.24) is 9.80 Å². The summed E-state index contributed by atoms with van der Waals surface area (Å²) >= 11 is 0. The summed E-state index contributed by atoms with van der Waals surface area (Å²) in [6, 6.07) is 3.88. The average molecular weight is 448 g/mol. The molecule has 178 valence electrons. The zero-order valence-corrected chi connectivity index (χ0v) is 20.0. The van der Waals surface area contributed by atoms with Crippen LogP contribution in [0.4, 0.5) is 10.5 Å². The smallest absolute Gasteiger partial charge is 0.410 e. The highest BCUT2D eigenvalue weighted by molar-refractivity contribution is 5.96. The lowest BCUT2D eigenvalue weighted by atomic mass is 10.0. The van der Waals surface area contributed by atoms with E-state index in [1.807, 2.05) is 40.7 Å². The number of carbonyl (C=O) groups is 1. The first-order valence-electron chi connectivity index (χ1n) is 11.0. The van der Waals surface area contributed by atoms with E-state index in [2.05, 4.69) is 16.3 Å². The standard InChI is InChI=1S/C23H37N5O4/c1-14(2)31-23(30)28-8-7-27(12-16(28)4)13-19-9-15(3)10-20(18(19)6)26-22(25)32-21(24)11-17(5)29/h9-10,14,16-17,24,29H,7-8,11-13H2,1-6H3,(H2,25,26)/t16-,17+/m0/s1. The number of aliphatic hydroxyl groups is 1. The Labute approximate surface area is 190 Å². The van der Waals surface area contributed by atoms with Gasteiger partial charge in [-0.25, -0.2) is 4.79 Å². The molecule has 9 nitrogen and oxygen atoms in total. The third kappa shape index (κ3) is 7.49. The molecule has 1 amide bonds. The molecule has 4 N–H and O–H groups in total. The second kappa shape index (κ2) is 11.3. The lowest BCUT2D eigenvalue weighted by Crippen LogP contribution is -2.54. The number of piperazine rings is 1. The minimum Gasteiger partial charge on any atom is -0.447 e. The van der Waals surface area contributed by atoms with Crippen LogP contribution in [0.25, 0.3) is 0 Å². The molecule has 2 rings (SSSR count). The molecule has 1 aromatic carbocycles. The lowest BCUT2D eigenvalue weighted by Gasteiger charge is -2.39. The molecule has 32 heavy (non-hydrogen) atoms. The van der Waals surface area contributed by atoms with Gasteiger partial charge in [-0.2, -0.15) is 0 Å². The van der Waals surface area contributed by atoms with E-state index in [1.165, 1.54) is 0 Å². The van der Waals surface area contributed by atoms with Crippen molar-refractivity contribution in [3.63, 3.8) is 0 Å². The van der Waals surface area contributed by atoms with Gasteiger partial charge in [0, 0.05) is 44.3 Å². The molecule has 0 bridgehead atoms. The molecule has 1 aliphatic heterocycles. The molecule has 0 radical (unpaired) electrons. The third-order valence-corrected chi connectivity index (χ3v) is 5.29. The van der Waals surface area contributed by atoms with E-state index in [1.54, 1.807) is 11.8 Å². The second-order valence-electron chi connectivity index (χ2n) is 8.84. The summed E-state index contributed by atoms with van der Waals surface area (Å²) in [6.07, 6.45) is -1.04. The van der Waals surface area contributed by atoms with Crippen LogP contribution >= 0.6 is 0 Å². The largest absolute Gasteiger partial charge is 0.447 e. The highest BCUT2D eigenvalue weighted by atomic mass is 16.6. The molecule has 0 spiro atoms. The summed E-state index contributed by atoms with van der Waals surface area (Å²) in [5.41, 5.74) is 3.93. The Hall–Kier alpha value is -2.65. The number of carbonyl (C=O) groups excluding carboxylic acids is 1. The van der Waals surface area contributed by atoms with Crippen LogP contribution in [0.15, 0.2) is 12.1 Å². The summed E-state index contributed by atoms with van der Waals surface area (Å²) in [6.45, 7) is 14.1. The molecule has 9 heteroatoms. The molecule has 2 atom stereocenters. The summed E-state index contributed by atoms with van der Waals surface area (Å²) in [5, 5.41) is 28.0. The number of benzene rings is 1. The van der Waals surface area contributed by atoms with Crippen LogP contribution in [0.2, 0.25) is 0 Å². The van der Waals surface area contributed by atoms with Crippen molar-refractivity contribution in [3.05, 3.63) is 28.8 Å². The van der Waals surface area contributed by atoms with Gasteiger partial charge in [0.25, 0.3) is 6.02 Å². The van der Waals surface area contributed by atoms with Gasteiger partial charge in [0.05, 0.1) is 12.2 Å². The number of amidine groups is 1. The Kier molecular flexibility index (Phi) is 9.03. The van der Waals surface area contributed by atoms with Gasteiger partial charge < -0.3 is 24.8 Å². The number of aliphatic hydroxyl groups excluding tert-OH is 1. The van der Waals surface area contributed by atoms with Gasteiger partial charge in [0.2, 0.25) is 0 Å². The molecule has 1 aliphatic rings. The fourth-order valence-corrected chi connectivity index (χ4v) is 3.77. The monoisotopic (exact) mass is 447 g/mol. The lowest BCUT2D eigenvalue weighted by molar-refractivity contribution is 0.0349. The minimum absolute atomic E-state index is 0.0526. The number of rotatable bonds is 6. The Morgan fingerprint density at radius 3 is 2.53 bits per heavy atom. The van der Waals surface area contributed by atoms with Gasteiger partial charge in [-0.1, -0.05) is 6.07 Å². The fraction of sp³-hybridized carbons (Fsp3) is 0.609. The van der Waals surface area contributed by atoms with Crippen LogP contribution < -0.4 is 5.32 Å². The van der Waals surface area contributed by atoms with E-state index in [9.17, 15) is 9.90 Å². The van der Waals surface area contributed by atoms with Crippen LogP contribution in [0.3, 0.4) is 0 Å². The number of amides is 1. The molecule has 0 aromatic heterocycles. The van der Waals surface area contributed by atoms with Crippen molar-refractivity contribution in [1.29, 1.82) is 10.8 Å². The number of ether oxygens (including phenoxy) is 2. The Balaban J connectivity index is 2.03. The zero-order valence-electron chi connectivity index (χ0n) is 20.0. The fourth-order valence-electron chi connectivity index (χ4n) is 3.77. The number of anilines is 1.